The highest BCUT2D eigenvalue weighted by atomic mass is 16.2. The fourth-order valence-corrected chi connectivity index (χ4v) is 1.66. The minimum absolute atomic E-state index is 0.0555. The van der Waals surface area contributed by atoms with Gasteiger partial charge < -0.3 is 10.2 Å². The van der Waals surface area contributed by atoms with Crippen LogP contribution in [0.15, 0.2) is 48.7 Å². The van der Waals surface area contributed by atoms with Gasteiger partial charge in [-0.25, -0.2) is 4.98 Å². The molecule has 0 aliphatic carbocycles. The molecule has 0 spiro atoms. The van der Waals surface area contributed by atoms with Gasteiger partial charge in [0.05, 0.1) is 0 Å². The molecule has 0 saturated carbocycles. The van der Waals surface area contributed by atoms with Crippen molar-refractivity contribution in [1.82, 2.24) is 4.98 Å². The number of para-hydroxylation sites is 1. The van der Waals surface area contributed by atoms with E-state index in [-0.39, 0.29) is 5.91 Å². The number of pyridine rings is 1. The number of hydrogen-bond acceptors (Lipinski definition) is 3. The van der Waals surface area contributed by atoms with E-state index in [1.807, 2.05) is 30.3 Å². The molecular weight excluding hydrogens is 226 g/mol. The molecule has 0 unspecified atom stereocenters. The Hall–Kier alpha value is -2.36. The van der Waals surface area contributed by atoms with Crippen molar-refractivity contribution in [2.75, 3.05) is 24.3 Å². The molecule has 0 fully saturated rings. The highest BCUT2D eigenvalue weighted by Gasteiger charge is 2.13. The van der Waals surface area contributed by atoms with Crippen molar-refractivity contribution >= 4 is 17.4 Å². The number of anilines is 2. The zero-order valence-electron chi connectivity index (χ0n) is 10.4. The van der Waals surface area contributed by atoms with Crippen molar-refractivity contribution in [1.29, 1.82) is 0 Å². The van der Waals surface area contributed by atoms with Crippen molar-refractivity contribution in [3.63, 3.8) is 0 Å². The van der Waals surface area contributed by atoms with E-state index >= 15 is 0 Å². The summed E-state index contributed by atoms with van der Waals surface area (Å²) in [6.07, 6.45) is 1.62. The van der Waals surface area contributed by atoms with Gasteiger partial charge in [0.2, 0.25) is 0 Å². The van der Waals surface area contributed by atoms with Crippen LogP contribution in [-0.4, -0.2) is 25.0 Å². The number of nitrogens with zero attached hydrogens (tertiary/aromatic N) is 2. The van der Waals surface area contributed by atoms with Gasteiger partial charge in [0.15, 0.2) is 0 Å². The summed E-state index contributed by atoms with van der Waals surface area (Å²) in [7, 11) is 3.54. The third-order valence-corrected chi connectivity index (χ3v) is 2.71. The maximum atomic E-state index is 12.3. The van der Waals surface area contributed by atoms with Gasteiger partial charge >= 0.3 is 0 Å². The van der Waals surface area contributed by atoms with Crippen molar-refractivity contribution < 1.29 is 4.79 Å². The molecule has 18 heavy (non-hydrogen) atoms. The minimum Gasteiger partial charge on any atom is -0.373 e. The van der Waals surface area contributed by atoms with E-state index in [9.17, 15) is 4.79 Å². The van der Waals surface area contributed by atoms with Crippen LogP contribution in [0.5, 0.6) is 0 Å². The van der Waals surface area contributed by atoms with Gasteiger partial charge in [-0.3, -0.25) is 4.79 Å². The number of amides is 1. The van der Waals surface area contributed by atoms with Gasteiger partial charge in [0.1, 0.15) is 5.82 Å². The van der Waals surface area contributed by atoms with Crippen LogP contribution in [0.3, 0.4) is 0 Å². The first-order chi connectivity index (χ1) is 8.72. The van der Waals surface area contributed by atoms with E-state index in [0.717, 1.165) is 5.69 Å². The van der Waals surface area contributed by atoms with Gasteiger partial charge in [-0.2, -0.15) is 0 Å². The van der Waals surface area contributed by atoms with E-state index in [2.05, 4.69) is 10.3 Å². The molecule has 0 aliphatic rings. The summed E-state index contributed by atoms with van der Waals surface area (Å²) in [5.41, 5.74) is 1.48. The molecule has 1 amide bonds. The first-order valence-electron chi connectivity index (χ1n) is 5.69. The molecule has 0 atom stereocenters. The Labute approximate surface area is 106 Å². The largest absolute Gasteiger partial charge is 0.373 e. The molecule has 0 saturated heterocycles. The second-order valence-corrected chi connectivity index (χ2v) is 3.88. The van der Waals surface area contributed by atoms with Crippen LogP contribution >= 0.6 is 0 Å². The normalized spacial score (nSPS) is 9.89. The lowest BCUT2D eigenvalue weighted by Gasteiger charge is -2.17. The van der Waals surface area contributed by atoms with Crippen molar-refractivity contribution in [2.45, 2.75) is 0 Å². The predicted octanol–water partition coefficient (Wildman–Crippen LogP) is 2.40. The van der Waals surface area contributed by atoms with Crippen LogP contribution in [-0.2, 0) is 0 Å². The lowest BCUT2D eigenvalue weighted by Crippen LogP contribution is -2.26. The quantitative estimate of drug-likeness (QED) is 0.897. The second-order valence-electron chi connectivity index (χ2n) is 3.88. The highest BCUT2D eigenvalue weighted by Crippen LogP contribution is 2.15. The fourth-order valence-electron chi connectivity index (χ4n) is 1.66. The number of nitrogens with one attached hydrogen (secondary N) is 1. The monoisotopic (exact) mass is 241 g/mol. The van der Waals surface area contributed by atoms with Gasteiger partial charge in [0.25, 0.3) is 5.91 Å². The molecule has 0 radical (unpaired) electrons. The van der Waals surface area contributed by atoms with Crippen LogP contribution in [0.4, 0.5) is 11.5 Å². The molecule has 1 aromatic heterocycles. The molecular formula is C14H15N3O. The summed E-state index contributed by atoms with van der Waals surface area (Å²) in [5, 5.41) is 2.92. The van der Waals surface area contributed by atoms with Crippen LogP contribution in [0.25, 0.3) is 0 Å². The molecule has 92 valence electrons. The summed E-state index contributed by atoms with van der Waals surface area (Å²) in [4.78, 5) is 18.0. The Bertz CT molecular complexity index is 540. The molecule has 2 aromatic rings. The Morgan fingerprint density at radius 1 is 1.22 bits per heavy atom. The van der Waals surface area contributed by atoms with Crippen molar-refractivity contribution in [3.8, 4) is 0 Å². The van der Waals surface area contributed by atoms with Crippen LogP contribution in [0.1, 0.15) is 10.4 Å². The summed E-state index contributed by atoms with van der Waals surface area (Å²) in [6, 6.07) is 13.0. The molecule has 4 heteroatoms. The Kier molecular flexibility index (Phi) is 3.57. The number of carbonyl (C=O) groups excluding carboxylic acids is 1. The lowest BCUT2D eigenvalue weighted by molar-refractivity contribution is 0.0993. The first-order valence-corrected chi connectivity index (χ1v) is 5.69. The zero-order chi connectivity index (χ0) is 13.0. The van der Waals surface area contributed by atoms with Crippen molar-refractivity contribution in [2.24, 2.45) is 0 Å². The number of benzene rings is 1. The Morgan fingerprint density at radius 3 is 2.61 bits per heavy atom. The maximum Gasteiger partial charge on any atom is 0.258 e. The molecule has 1 aromatic carbocycles. The van der Waals surface area contributed by atoms with Gasteiger partial charge in [-0.1, -0.05) is 18.2 Å². The smallest absolute Gasteiger partial charge is 0.258 e. The lowest BCUT2D eigenvalue weighted by atomic mass is 10.2. The number of hydrogen-bond donors (Lipinski definition) is 1. The van der Waals surface area contributed by atoms with Crippen LogP contribution in [0, 0.1) is 0 Å². The second kappa shape index (κ2) is 5.31. The summed E-state index contributed by atoms with van der Waals surface area (Å²) < 4.78 is 0. The average molecular weight is 241 g/mol. The van der Waals surface area contributed by atoms with Crippen LogP contribution < -0.4 is 10.2 Å². The van der Waals surface area contributed by atoms with E-state index in [1.54, 1.807) is 37.3 Å². The molecule has 1 heterocycles. The third kappa shape index (κ3) is 2.48. The predicted molar refractivity (Wildman–Crippen MR) is 73.0 cm³/mol. The fraction of sp³-hybridized carbons (Fsp3) is 0.143. The van der Waals surface area contributed by atoms with Gasteiger partial charge in [-0.15, -0.1) is 0 Å². The molecule has 0 aliphatic heterocycles. The number of aromatic nitrogens is 1. The number of rotatable bonds is 3. The van der Waals surface area contributed by atoms with Crippen LogP contribution in [0.2, 0.25) is 0 Å². The maximum absolute atomic E-state index is 12.3. The Balaban J connectivity index is 2.25. The molecule has 4 nitrogen and oxygen atoms in total. The first kappa shape index (κ1) is 12.1. The SMILES string of the molecule is CNc1cc(C(=O)N(C)c2ccccc2)ccn1. The Morgan fingerprint density at radius 2 is 1.94 bits per heavy atom. The zero-order valence-corrected chi connectivity index (χ0v) is 10.4. The minimum atomic E-state index is -0.0555. The third-order valence-electron chi connectivity index (χ3n) is 2.71. The van der Waals surface area contributed by atoms with E-state index < -0.39 is 0 Å². The highest BCUT2D eigenvalue weighted by molar-refractivity contribution is 6.06. The summed E-state index contributed by atoms with van der Waals surface area (Å²) in [5.74, 6) is 0.627. The van der Waals surface area contributed by atoms with E-state index in [4.69, 9.17) is 0 Å². The van der Waals surface area contributed by atoms with E-state index in [0.29, 0.717) is 11.4 Å². The molecule has 2 rings (SSSR count). The molecule has 1 N–H and O–H groups in total. The van der Waals surface area contributed by atoms with Crippen molar-refractivity contribution in [3.05, 3.63) is 54.2 Å². The van der Waals surface area contributed by atoms with Gasteiger partial charge in [-0.05, 0) is 24.3 Å². The topological polar surface area (TPSA) is 45.2 Å². The standard InChI is InChI=1S/C14H15N3O/c1-15-13-10-11(8-9-16-13)14(18)17(2)12-6-4-3-5-7-12/h3-10H,1-2H3,(H,15,16). The van der Waals surface area contributed by atoms with E-state index in [1.165, 1.54) is 0 Å². The summed E-state index contributed by atoms with van der Waals surface area (Å²) in [6.45, 7) is 0. The summed E-state index contributed by atoms with van der Waals surface area (Å²) >= 11 is 0. The van der Waals surface area contributed by atoms with Gasteiger partial charge in [0, 0.05) is 31.5 Å². The number of carbonyl (C=O) groups is 1. The molecule has 0 bridgehead atoms. The average Bonchev–Trinajstić information content (AvgIpc) is 2.46.